The van der Waals surface area contributed by atoms with Crippen LogP contribution in [-0.2, 0) is 25.8 Å². The van der Waals surface area contributed by atoms with Crippen molar-refractivity contribution in [2.45, 2.75) is 51.8 Å². The second-order valence-electron chi connectivity index (χ2n) is 12.1. The van der Waals surface area contributed by atoms with E-state index in [0.29, 0.717) is 17.1 Å². The van der Waals surface area contributed by atoms with Crippen LogP contribution in [0.2, 0.25) is 0 Å². The van der Waals surface area contributed by atoms with Crippen molar-refractivity contribution in [1.29, 1.82) is 0 Å². The summed E-state index contributed by atoms with van der Waals surface area (Å²) in [6, 6.07) is 18.1. The molecule has 11 nitrogen and oxygen atoms in total. The summed E-state index contributed by atoms with van der Waals surface area (Å²) in [5.74, 6) is -0.864. The van der Waals surface area contributed by atoms with Gasteiger partial charge >= 0.3 is 11.9 Å². The number of carbonyl (C=O) groups excluding carboxylic acids is 2. The molecule has 15 heteroatoms. The lowest BCUT2D eigenvalue weighted by atomic mass is 10.0. The number of hydrogen-bond acceptors (Lipinski definition) is 7. The minimum atomic E-state index is -4.70. The van der Waals surface area contributed by atoms with E-state index in [4.69, 9.17) is 4.74 Å². The minimum absolute atomic E-state index is 0.0119. The van der Waals surface area contributed by atoms with Crippen molar-refractivity contribution < 1.29 is 32.6 Å². The van der Waals surface area contributed by atoms with Gasteiger partial charge in [-0.3, -0.25) is 18.7 Å². The molecule has 0 fully saturated rings. The van der Waals surface area contributed by atoms with Gasteiger partial charge in [-0.25, -0.2) is 14.8 Å². The van der Waals surface area contributed by atoms with E-state index in [9.17, 15) is 32.7 Å². The molecule has 0 aliphatic carbocycles. The third kappa shape index (κ3) is 7.44. The van der Waals surface area contributed by atoms with Crippen LogP contribution in [0.1, 0.15) is 51.5 Å². The van der Waals surface area contributed by atoms with Crippen LogP contribution in [0.3, 0.4) is 0 Å². The van der Waals surface area contributed by atoms with E-state index < -0.39 is 41.4 Å². The molecular weight excluding hydrogens is 733 g/mol. The van der Waals surface area contributed by atoms with Gasteiger partial charge in [-0.2, -0.15) is 13.2 Å². The van der Waals surface area contributed by atoms with E-state index >= 15 is 0 Å². The van der Waals surface area contributed by atoms with Gasteiger partial charge in [-0.15, -0.1) is 0 Å². The Hall–Kier alpha value is -5.28. The van der Waals surface area contributed by atoms with Crippen LogP contribution < -0.4 is 15.7 Å². The smallest absolute Gasteiger partial charge is 0.417 e. The fourth-order valence-corrected chi connectivity index (χ4v) is 6.42. The number of carbonyl (C=O) groups is 2. The molecule has 0 radical (unpaired) electrons. The SMILES string of the molecule is C[C@@H]1Cn2c(c(C(=O)NCc3ccccc3-c3ccncn3)n(-c3ccc(OC[C@@H](C)O)cc3)c2=O)CN1C(=O)c1ccc(Br)c(C(F)(F)F)c1. The molecule has 0 bridgehead atoms. The highest BCUT2D eigenvalue weighted by Gasteiger charge is 2.37. The summed E-state index contributed by atoms with van der Waals surface area (Å²) in [5.41, 5.74) is 0.967. The Bertz CT molecular complexity index is 2130. The van der Waals surface area contributed by atoms with E-state index in [1.165, 1.54) is 32.5 Å². The summed E-state index contributed by atoms with van der Waals surface area (Å²) in [4.78, 5) is 51.7. The molecule has 2 aromatic heterocycles. The number of rotatable bonds is 9. The summed E-state index contributed by atoms with van der Waals surface area (Å²) in [5, 5.41) is 12.5. The summed E-state index contributed by atoms with van der Waals surface area (Å²) >= 11 is 2.92. The van der Waals surface area contributed by atoms with E-state index in [1.54, 1.807) is 50.4 Å². The average Bonchev–Trinajstić information content (AvgIpc) is 3.40. The number of amides is 2. The minimum Gasteiger partial charge on any atom is -0.491 e. The van der Waals surface area contributed by atoms with Gasteiger partial charge < -0.3 is 20.1 Å². The summed E-state index contributed by atoms with van der Waals surface area (Å²) in [6.45, 7) is 3.14. The van der Waals surface area contributed by atoms with Crippen LogP contribution >= 0.6 is 15.9 Å². The first kappa shape index (κ1) is 35.5. The van der Waals surface area contributed by atoms with Gasteiger partial charge in [0, 0.05) is 40.9 Å². The number of benzene rings is 3. The van der Waals surface area contributed by atoms with Crippen molar-refractivity contribution in [3.05, 3.63) is 128 Å². The van der Waals surface area contributed by atoms with Crippen LogP contribution in [0, 0.1) is 0 Å². The second kappa shape index (κ2) is 14.5. The largest absolute Gasteiger partial charge is 0.491 e. The number of halogens is 4. The second-order valence-corrected chi connectivity index (χ2v) is 12.9. The van der Waals surface area contributed by atoms with Crippen LogP contribution in [0.4, 0.5) is 13.2 Å². The number of aliphatic hydroxyl groups excluding tert-OH is 1. The molecule has 0 saturated carbocycles. The van der Waals surface area contributed by atoms with Crippen LogP contribution in [0.15, 0.2) is 94.6 Å². The Morgan fingerprint density at radius 3 is 2.53 bits per heavy atom. The third-order valence-corrected chi connectivity index (χ3v) is 9.13. The molecule has 2 amide bonds. The lowest BCUT2D eigenvalue weighted by Gasteiger charge is -2.34. The van der Waals surface area contributed by atoms with Gasteiger partial charge in [0.25, 0.3) is 11.8 Å². The number of aliphatic hydroxyl groups is 1. The maximum atomic E-state index is 14.2. The van der Waals surface area contributed by atoms with Crippen molar-refractivity contribution in [2.75, 3.05) is 6.61 Å². The molecule has 0 saturated heterocycles. The molecule has 0 unspecified atom stereocenters. The number of ether oxygens (including phenoxy) is 1. The quantitative estimate of drug-likeness (QED) is 0.200. The summed E-state index contributed by atoms with van der Waals surface area (Å²) in [6.07, 6.45) is -2.37. The van der Waals surface area contributed by atoms with E-state index in [2.05, 4.69) is 31.2 Å². The third-order valence-electron chi connectivity index (χ3n) is 8.44. The molecule has 264 valence electrons. The van der Waals surface area contributed by atoms with Gasteiger partial charge in [0.05, 0.1) is 35.3 Å². The molecule has 0 spiro atoms. The molecule has 3 aromatic carbocycles. The number of nitrogens with zero attached hydrogens (tertiary/aromatic N) is 5. The number of fused-ring (bicyclic) bond motifs is 1. The lowest BCUT2D eigenvalue weighted by Crippen LogP contribution is -2.47. The van der Waals surface area contributed by atoms with Gasteiger partial charge in [0.2, 0.25) is 0 Å². The Balaban J connectivity index is 1.39. The standard InChI is InChI=1S/C36H32BrF3N6O5/c1-21-17-45-31(18-44(21)34(49)23-7-12-29(37)28(15-23)36(38,39)40)32(46(35(45)50)25-8-10-26(11-9-25)51-19-22(2)47)33(48)42-16-24-5-3-4-6-27(24)30-13-14-41-20-43-30/h3-15,20-22,47H,16-19H2,1-2H3,(H,42,48)/t21-,22-/m1/s1. The number of nitrogens with one attached hydrogen (secondary N) is 1. The first-order valence-electron chi connectivity index (χ1n) is 15.9. The zero-order valence-electron chi connectivity index (χ0n) is 27.4. The number of alkyl halides is 3. The zero-order chi connectivity index (χ0) is 36.4. The summed E-state index contributed by atoms with van der Waals surface area (Å²) < 4.78 is 49.2. The predicted molar refractivity (Wildman–Crippen MR) is 184 cm³/mol. The average molecular weight is 766 g/mol. The van der Waals surface area contributed by atoms with Crippen LogP contribution in [-0.4, -0.2) is 59.7 Å². The van der Waals surface area contributed by atoms with Crippen molar-refractivity contribution >= 4 is 27.7 Å². The fourth-order valence-electron chi connectivity index (χ4n) is 5.94. The topological polar surface area (TPSA) is 132 Å². The Labute approximate surface area is 298 Å². The van der Waals surface area contributed by atoms with Gasteiger partial charge in [0.1, 0.15) is 24.4 Å². The molecular formula is C36H32BrF3N6O5. The highest BCUT2D eigenvalue weighted by Crippen LogP contribution is 2.36. The first-order valence-corrected chi connectivity index (χ1v) is 16.7. The molecule has 6 rings (SSSR count). The lowest BCUT2D eigenvalue weighted by molar-refractivity contribution is -0.138. The Morgan fingerprint density at radius 1 is 1.10 bits per heavy atom. The van der Waals surface area contributed by atoms with E-state index in [0.717, 1.165) is 17.2 Å². The predicted octanol–water partition coefficient (Wildman–Crippen LogP) is 5.61. The highest BCUT2D eigenvalue weighted by molar-refractivity contribution is 9.10. The summed E-state index contributed by atoms with van der Waals surface area (Å²) in [7, 11) is 0. The molecule has 3 heterocycles. The first-order chi connectivity index (χ1) is 24.3. The monoisotopic (exact) mass is 764 g/mol. The van der Waals surface area contributed by atoms with Crippen molar-refractivity contribution in [3.8, 4) is 22.7 Å². The maximum Gasteiger partial charge on any atom is 0.417 e. The van der Waals surface area contributed by atoms with Crippen LogP contribution in [0.25, 0.3) is 16.9 Å². The molecule has 2 atom stereocenters. The molecule has 1 aliphatic rings. The number of aromatic nitrogens is 4. The molecule has 51 heavy (non-hydrogen) atoms. The Morgan fingerprint density at radius 2 is 1.84 bits per heavy atom. The zero-order valence-corrected chi connectivity index (χ0v) is 29.0. The highest BCUT2D eigenvalue weighted by atomic mass is 79.9. The van der Waals surface area contributed by atoms with E-state index in [1.807, 2.05) is 24.3 Å². The molecule has 1 aliphatic heterocycles. The number of imidazole rings is 1. The van der Waals surface area contributed by atoms with Crippen molar-refractivity contribution in [1.82, 2.24) is 29.3 Å². The van der Waals surface area contributed by atoms with Crippen LogP contribution in [0.5, 0.6) is 5.75 Å². The molecule has 2 N–H and O–H groups in total. The van der Waals surface area contributed by atoms with Gasteiger partial charge in [0.15, 0.2) is 0 Å². The van der Waals surface area contributed by atoms with Crippen molar-refractivity contribution in [3.63, 3.8) is 0 Å². The fraction of sp³-hybridized carbons (Fsp3) is 0.250. The Kier molecular flexibility index (Phi) is 10.1. The van der Waals surface area contributed by atoms with Gasteiger partial charge in [-0.1, -0.05) is 40.2 Å². The van der Waals surface area contributed by atoms with E-state index in [-0.39, 0.29) is 47.7 Å². The number of hydrogen-bond donors (Lipinski definition) is 2. The molecule has 5 aromatic rings. The maximum absolute atomic E-state index is 14.2. The van der Waals surface area contributed by atoms with Gasteiger partial charge in [-0.05, 0) is 67.9 Å². The van der Waals surface area contributed by atoms with Crippen molar-refractivity contribution in [2.24, 2.45) is 0 Å². The normalized spacial score (nSPS) is 14.9.